The molecule has 0 saturated heterocycles. The molecule has 36 heavy (non-hydrogen) atoms. The van der Waals surface area contributed by atoms with Gasteiger partial charge in [-0.1, -0.05) is 42.3 Å². The number of nitrogens with zero attached hydrogens (tertiary/aromatic N) is 2. The van der Waals surface area contributed by atoms with E-state index in [1.54, 1.807) is 13.8 Å². The van der Waals surface area contributed by atoms with Crippen molar-refractivity contribution in [2.24, 2.45) is 0 Å². The topological polar surface area (TPSA) is 103 Å². The molecule has 0 unspecified atom stereocenters. The summed E-state index contributed by atoms with van der Waals surface area (Å²) in [6, 6.07) is 2.21. The number of hydrogen-bond acceptors (Lipinski definition) is 6. The van der Waals surface area contributed by atoms with Gasteiger partial charge in [0.05, 0.1) is 20.5 Å². The Morgan fingerprint density at radius 3 is 2.14 bits per heavy atom. The molecule has 0 radical (unpaired) electrons. The average Bonchev–Trinajstić information content (AvgIpc) is 3.23. The van der Waals surface area contributed by atoms with Crippen molar-refractivity contribution >= 4 is 46.4 Å². The van der Waals surface area contributed by atoms with Crippen LogP contribution in [0.1, 0.15) is 66.9 Å². The van der Waals surface area contributed by atoms with Crippen LogP contribution in [0, 0.1) is 0 Å². The summed E-state index contributed by atoms with van der Waals surface area (Å²) in [6.07, 6.45) is -5.72. The van der Waals surface area contributed by atoms with Gasteiger partial charge in [-0.3, -0.25) is 9.59 Å². The van der Waals surface area contributed by atoms with Gasteiger partial charge in [-0.25, -0.2) is 4.98 Å². The Morgan fingerprint density at radius 1 is 1.08 bits per heavy atom. The number of alkyl halides is 3. The van der Waals surface area contributed by atoms with Crippen molar-refractivity contribution in [2.75, 3.05) is 19.6 Å². The maximum Gasteiger partial charge on any atom is 0.421 e. The van der Waals surface area contributed by atoms with Crippen molar-refractivity contribution < 1.29 is 33.0 Å². The van der Waals surface area contributed by atoms with Gasteiger partial charge >= 0.3 is 6.18 Å². The summed E-state index contributed by atoms with van der Waals surface area (Å²) in [5.74, 6) is -1.16. The van der Waals surface area contributed by atoms with Crippen LogP contribution in [-0.4, -0.2) is 63.3 Å². The number of rotatable bonds is 9. The Morgan fingerprint density at radius 2 is 1.67 bits per heavy atom. The molecule has 1 aromatic carbocycles. The van der Waals surface area contributed by atoms with Crippen molar-refractivity contribution in [2.45, 2.75) is 58.4 Å². The van der Waals surface area contributed by atoms with E-state index in [1.807, 2.05) is 0 Å². The minimum Gasteiger partial charge on any atom is -0.389 e. The molecule has 0 saturated carbocycles. The third-order valence-corrected chi connectivity index (χ3v) is 7.48. The van der Waals surface area contributed by atoms with Gasteiger partial charge in [0.15, 0.2) is 10.6 Å². The third kappa shape index (κ3) is 6.13. The molecule has 13 heteroatoms. The maximum atomic E-state index is 13.6. The van der Waals surface area contributed by atoms with Crippen LogP contribution in [-0.2, 0) is 5.60 Å². The number of carbonyl (C=O) groups excluding carboxylic acids is 2. The molecule has 3 N–H and O–H groups in total. The first-order valence-electron chi connectivity index (χ1n) is 11.1. The van der Waals surface area contributed by atoms with Crippen LogP contribution in [0.3, 0.4) is 0 Å². The van der Waals surface area contributed by atoms with Crippen molar-refractivity contribution in [3.63, 3.8) is 0 Å². The first-order valence-corrected chi connectivity index (χ1v) is 12.7. The van der Waals surface area contributed by atoms with Crippen LogP contribution in [0.25, 0.3) is 10.4 Å². The molecular formula is C23H28Cl2F3N3O4S. The molecule has 2 rings (SSSR count). The highest BCUT2D eigenvalue weighted by Gasteiger charge is 2.54. The minimum atomic E-state index is -5.02. The molecule has 2 aromatic rings. The van der Waals surface area contributed by atoms with Gasteiger partial charge < -0.3 is 20.4 Å². The maximum absolute atomic E-state index is 13.6. The smallest absolute Gasteiger partial charge is 0.389 e. The van der Waals surface area contributed by atoms with Gasteiger partial charge in [0.25, 0.3) is 11.8 Å². The molecule has 0 fully saturated rings. The molecule has 1 atom stereocenters. The predicted molar refractivity (Wildman–Crippen MR) is 134 cm³/mol. The molecule has 0 bridgehead atoms. The van der Waals surface area contributed by atoms with Crippen LogP contribution in [0.15, 0.2) is 12.1 Å². The Labute approximate surface area is 221 Å². The van der Waals surface area contributed by atoms with Gasteiger partial charge in [-0.2, -0.15) is 13.2 Å². The fraction of sp³-hybridized carbons (Fsp3) is 0.522. The van der Waals surface area contributed by atoms with E-state index in [0.717, 1.165) is 24.3 Å². The lowest BCUT2D eigenvalue weighted by Gasteiger charge is -2.31. The molecule has 1 heterocycles. The second-order valence-corrected chi connectivity index (χ2v) is 10.4. The van der Waals surface area contributed by atoms with Gasteiger partial charge in [0.2, 0.25) is 0 Å². The van der Waals surface area contributed by atoms with Gasteiger partial charge in [0.1, 0.15) is 5.69 Å². The quantitative estimate of drug-likeness (QED) is 0.382. The zero-order valence-electron chi connectivity index (χ0n) is 20.4. The Hall–Kier alpha value is -1.92. The SMILES string of the molecule is CCN(CC)C(=O)c1nc(C(=O)NCC(C)(C)O)sc1-c1ccc([C@@](O)(CC)C(F)(F)F)c(Cl)c1Cl. The zero-order valence-corrected chi connectivity index (χ0v) is 22.7. The summed E-state index contributed by atoms with van der Waals surface area (Å²) >= 11 is 13.4. The highest BCUT2D eigenvalue weighted by Crippen LogP contribution is 2.48. The van der Waals surface area contributed by atoms with E-state index < -0.39 is 46.2 Å². The summed E-state index contributed by atoms with van der Waals surface area (Å²) in [5, 5.41) is 21.8. The van der Waals surface area contributed by atoms with Crippen LogP contribution in [0.5, 0.6) is 0 Å². The first-order chi connectivity index (χ1) is 16.5. The second-order valence-electron chi connectivity index (χ2n) is 8.67. The number of hydrogen-bond donors (Lipinski definition) is 3. The number of aliphatic hydroxyl groups is 2. The van der Waals surface area contributed by atoms with Gasteiger partial charge in [-0.15, -0.1) is 11.3 Å². The van der Waals surface area contributed by atoms with Crippen LogP contribution < -0.4 is 5.32 Å². The van der Waals surface area contributed by atoms with E-state index in [0.29, 0.717) is 13.1 Å². The minimum absolute atomic E-state index is 0.0839. The van der Waals surface area contributed by atoms with Crippen molar-refractivity contribution in [3.05, 3.63) is 38.4 Å². The second kappa shape index (κ2) is 11.2. The Balaban J connectivity index is 2.70. The van der Waals surface area contributed by atoms with Gasteiger partial charge in [0, 0.05) is 30.8 Å². The lowest BCUT2D eigenvalue weighted by Crippen LogP contribution is -2.42. The van der Waals surface area contributed by atoms with E-state index in [4.69, 9.17) is 23.2 Å². The molecule has 0 spiro atoms. The number of benzene rings is 1. The molecule has 0 aliphatic rings. The number of carbonyl (C=O) groups is 2. The summed E-state index contributed by atoms with van der Waals surface area (Å²) in [6.45, 7) is 8.26. The lowest BCUT2D eigenvalue weighted by molar-refractivity contribution is -0.267. The first kappa shape index (κ1) is 30.3. The molecule has 1 aromatic heterocycles. The van der Waals surface area contributed by atoms with Gasteiger partial charge in [-0.05, 0) is 34.1 Å². The molecule has 2 amide bonds. The largest absolute Gasteiger partial charge is 0.421 e. The average molecular weight is 570 g/mol. The number of amides is 2. The fourth-order valence-electron chi connectivity index (χ4n) is 3.37. The van der Waals surface area contributed by atoms with E-state index in [-0.39, 0.29) is 32.7 Å². The Bertz CT molecular complexity index is 1130. The normalized spacial score (nSPS) is 13.9. The number of thiazole rings is 1. The molecule has 0 aliphatic heterocycles. The highest BCUT2D eigenvalue weighted by molar-refractivity contribution is 7.17. The van der Waals surface area contributed by atoms with Crippen LogP contribution >= 0.6 is 34.5 Å². The van der Waals surface area contributed by atoms with Crippen LogP contribution in [0.4, 0.5) is 13.2 Å². The number of halogens is 5. The number of nitrogens with one attached hydrogen (secondary N) is 1. The van der Waals surface area contributed by atoms with Crippen molar-refractivity contribution in [1.29, 1.82) is 0 Å². The fourth-order valence-corrected chi connectivity index (χ4v) is 5.01. The molecule has 7 nitrogen and oxygen atoms in total. The predicted octanol–water partition coefficient (Wildman–Crippen LogP) is 5.26. The summed E-state index contributed by atoms with van der Waals surface area (Å²) < 4.78 is 40.9. The van der Waals surface area contributed by atoms with Crippen molar-refractivity contribution in [3.8, 4) is 10.4 Å². The number of aromatic nitrogens is 1. The highest BCUT2D eigenvalue weighted by atomic mass is 35.5. The molecule has 0 aliphatic carbocycles. The van der Waals surface area contributed by atoms with Crippen LogP contribution in [0.2, 0.25) is 10.0 Å². The Kier molecular flexibility index (Phi) is 9.45. The van der Waals surface area contributed by atoms with E-state index in [9.17, 15) is 33.0 Å². The summed E-state index contributed by atoms with van der Waals surface area (Å²) in [7, 11) is 0. The zero-order chi connectivity index (χ0) is 27.6. The lowest BCUT2D eigenvalue weighted by atomic mass is 9.89. The standard InChI is InChI=1S/C23H28Cl2F3N3O4S/c1-6-22(35,23(26,27)28)13-10-9-12(14(24)15(13)25)17-16(20(33)31(7-2)8-3)30-19(36-17)18(32)29-11-21(4,5)34/h9-10,34-35H,6-8,11H2,1-5H3,(H,29,32)/t22-/m0/s1. The van der Waals surface area contributed by atoms with E-state index in [2.05, 4.69) is 10.3 Å². The van der Waals surface area contributed by atoms with E-state index >= 15 is 0 Å². The third-order valence-electron chi connectivity index (χ3n) is 5.51. The molecular weight excluding hydrogens is 542 g/mol. The van der Waals surface area contributed by atoms with Crippen molar-refractivity contribution in [1.82, 2.24) is 15.2 Å². The summed E-state index contributed by atoms with van der Waals surface area (Å²) in [4.78, 5) is 31.7. The van der Waals surface area contributed by atoms with E-state index in [1.165, 1.54) is 24.8 Å². The monoisotopic (exact) mass is 569 g/mol. The summed E-state index contributed by atoms with van der Waals surface area (Å²) in [5.41, 5.74) is -5.10. The molecule has 200 valence electrons.